The largest absolute Gasteiger partial charge is 0.466 e. The summed E-state index contributed by atoms with van der Waals surface area (Å²) >= 11 is 0. The van der Waals surface area contributed by atoms with Gasteiger partial charge in [0.1, 0.15) is 0 Å². The van der Waals surface area contributed by atoms with E-state index in [1.165, 1.54) is 173 Å². The van der Waals surface area contributed by atoms with Crippen LogP contribution in [0.2, 0.25) is 0 Å². The minimum absolute atomic E-state index is 0.0254. The first-order valence-corrected chi connectivity index (χ1v) is 17.0. The van der Waals surface area contributed by atoms with Crippen LogP contribution in [0.4, 0.5) is 0 Å². The first kappa shape index (κ1) is 35.5. The van der Waals surface area contributed by atoms with Crippen molar-refractivity contribution in [3.05, 3.63) is 0 Å². The molecule has 2 nitrogen and oxygen atoms in total. The van der Waals surface area contributed by atoms with E-state index in [4.69, 9.17) is 4.74 Å². The average molecular weight is 509 g/mol. The van der Waals surface area contributed by atoms with Gasteiger partial charge in [-0.05, 0) is 12.8 Å². The fourth-order valence-electron chi connectivity index (χ4n) is 5.23. The number of rotatable bonds is 31. The van der Waals surface area contributed by atoms with Crippen LogP contribution in [0.3, 0.4) is 0 Å². The van der Waals surface area contributed by atoms with E-state index in [1.807, 2.05) is 6.92 Å². The number of carbonyl (C=O) groups is 1. The molecule has 0 rings (SSSR count). The van der Waals surface area contributed by atoms with Gasteiger partial charge in [0, 0.05) is 6.42 Å². The molecule has 0 spiro atoms. The van der Waals surface area contributed by atoms with Crippen molar-refractivity contribution in [1.82, 2.24) is 0 Å². The molecule has 0 aliphatic heterocycles. The Morgan fingerprint density at radius 1 is 0.361 bits per heavy atom. The van der Waals surface area contributed by atoms with E-state index in [0.29, 0.717) is 13.0 Å². The molecule has 0 aromatic heterocycles. The summed E-state index contributed by atoms with van der Waals surface area (Å²) in [6.07, 6.45) is 41.3. The molecule has 0 aliphatic rings. The number of hydrogen-bond acceptors (Lipinski definition) is 2. The maximum atomic E-state index is 11.3. The zero-order valence-electron chi connectivity index (χ0n) is 25.2. The van der Waals surface area contributed by atoms with Crippen molar-refractivity contribution >= 4 is 5.97 Å². The van der Waals surface area contributed by atoms with Crippen molar-refractivity contribution < 1.29 is 9.53 Å². The lowest BCUT2D eigenvalue weighted by atomic mass is 10.0. The summed E-state index contributed by atoms with van der Waals surface area (Å²) in [5.41, 5.74) is 0. The zero-order valence-corrected chi connectivity index (χ0v) is 25.2. The van der Waals surface area contributed by atoms with Crippen LogP contribution in [0.5, 0.6) is 0 Å². The van der Waals surface area contributed by atoms with E-state index in [2.05, 4.69) is 6.92 Å². The lowest BCUT2D eigenvalue weighted by Gasteiger charge is -2.05. The molecule has 0 radical (unpaired) electrons. The van der Waals surface area contributed by atoms with E-state index in [0.717, 1.165) is 12.8 Å². The highest BCUT2D eigenvalue weighted by Gasteiger charge is 2.00. The summed E-state index contributed by atoms with van der Waals surface area (Å²) in [5, 5.41) is 0. The lowest BCUT2D eigenvalue weighted by Crippen LogP contribution is -2.04. The van der Waals surface area contributed by atoms with Crippen LogP contribution in [0, 0.1) is 0 Å². The summed E-state index contributed by atoms with van der Waals surface area (Å²) in [5.74, 6) is -0.0254. The summed E-state index contributed by atoms with van der Waals surface area (Å²) in [6.45, 7) is 4.94. The molecule has 0 aromatic carbocycles. The van der Waals surface area contributed by atoms with Crippen LogP contribution >= 0.6 is 0 Å². The highest BCUT2D eigenvalue weighted by molar-refractivity contribution is 5.69. The molecule has 0 N–H and O–H groups in total. The normalized spacial score (nSPS) is 11.3. The van der Waals surface area contributed by atoms with Gasteiger partial charge in [-0.1, -0.05) is 187 Å². The second-order valence-corrected chi connectivity index (χ2v) is 11.5. The van der Waals surface area contributed by atoms with Gasteiger partial charge in [0.05, 0.1) is 6.61 Å². The van der Waals surface area contributed by atoms with E-state index in [9.17, 15) is 4.79 Å². The molecule has 0 atom stereocenters. The van der Waals surface area contributed by atoms with Crippen LogP contribution in [-0.2, 0) is 9.53 Å². The number of esters is 1. The van der Waals surface area contributed by atoms with Crippen molar-refractivity contribution in [1.29, 1.82) is 0 Å². The Bertz CT molecular complexity index is 406. The second-order valence-electron chi connectivity index (χ2n) is 11.5. The highest BCUT2D eigenvalue weighted by Crippen LogP contribution is 2.16. The molecule has 0 fully saturated rings. The first-order chi connectivity index (χ1) is 17.8. The molecule has 0 aromatic rings. The Labute approximate surface area is 228 Å². The molecule has 36 heavy (non-hydrogen) atoms. The fourth-order valence-corrected chi connectivity index (χ4v) is 5.23. The van der Waals surface area contributed by atoms with E-state index >= 15 is 0 Å². The summed E-state index contributed by atoms with van der Waals surface area (Å²) < 4.78 is 5.20. The van der Waals surface area contributed by atoms with Crippen LogP contribution in [-0.4, -0.2) is 12.6 Å². The molecule has 0 amide bonds. The van der Waals surface area contributed by atoms with Crippen molar-refractivity contribution in [3.8, 4) is 0 Å². The standard InChI is InChI=1S/C34H68O2/c1-3-5-6-7-8-9-10-11-12-13-14-15-16-17-18-19-20-21-22-23-24-25-26-27-28-29-30-31-33-36-34(35)32-4-2/h3-33H2,1-2H3. The van der Waals surface area contributed by atoms with Gasteiger partial charge < -0.3 is 4.74 Å². The number of unbranched alkanes of at least 4 members (excludes halogenated alkanes) is 27. The fraction of sp³-hybridized carbons (Fsp3) is 0.971. The van der Waals surface area contributed by atoms with Gasteiger partial charge in [0.2, 0.25) is 0 Å². The summed E-state index contributed by atoms with van der Waals surface area (Å²) in [6, 6.07) is 0. The number of ether oxygens (including phenoxy) is 1. The SMILES string of the molecule is CCCCCCCCCCCCCCCCCCCCCCCCCCCCCCOC(=O)CCC. The van der Waals surface area contributed by atoms with Gasteiger partial charge in [-0.2, -0.15) is 0 Å². The van der Waals surface area contributed by atoms with Crippen molar-refractivity contribution in [2.24, 2.45) is 0 Å². The van der Waals surface area contributed by atoms with Crippen molar-refractivity contribution in [3.63, 3.8) is 0 Å². The minimum atomic E-state index is -0.0254. The topological polar surface area (TPSA) is 26.3 Å². The summed E-state index contributed by atoms with van der Waals surface area (Å²) in [7, 11) is 0. The van der Waals surface area contributed by atoms with Crippen LogP contribution < -0.4 is 0 Å². The highest BCUT2D eigenvalue weighted by atomic mass is 16.5. The molecule has 0 heterocycles. The first-order valence-electron chi connectivity index (χ1n) is 17.0. The smallest absolute Gasteiger partial charge is 0.305 e. The Morgan fingerprint density at radius 2 is 0.611 bits per heavy atom. The molecular formula is C34H68O2. The van der Waals surface area contributed by atoms with Crippen molar-refractivity contribution in [2.75, 3.05) is 6.61 Å². The predicted octanol–water partition coefficient (Wildman–Crippen LogP) is 12.3. The Kier molecular flexibility index (Phi) is 32.0. The second kappa shape index (κ2) is 32.5. The third-order valence-electron chi connectivity index (χ3n) is 7.72. The van der Waals surface area contributed by atoms with Gasteiger partial charge in [-0.3, -0.25) is 4.79 Å². The average Bonchev–Trinajstić information content (AvgIpc) is 2.88. The maximum Gasteiger partial charge on any atom is 0.305 e. The van der Waals surface area contributed by atoms with E-state index < -0.39 is 0 Å². The van der Waals surface area contributed by atoms with E-state index in [1.54, 1.807) is 0 Å². The molecule has 0 bridgehead atoms. The molecule has 0 unspecified atom stereocenters. The molecule has 216 valence electrons. The molecule has 2 heteroatoms. The quantitative estimate of drug-likeness (QED) is 0.0687. The number of hydrogen-bond donors (Lipinski definition) is 0. The predicted molar refractivity (Wildman–Crippen MR) is 161 cm³/mol. The van der Waals surface area contributed by atoms with Gasteiger partial charge in [-0.15, -0.1) is 0 Å². The monoisotopic (exact) mass is 509 g/mol. The number of carbonyl (C=O) groups excluding carboxylic acids is 1. The van der Waals surface area contributed by atoms with Gasteiger partial charge in [-0.25, -0.2) is 0 Å². The van der Waals surface area contributed by atoms with E-state index in [-0.39, 0.29) is 5.97 Å². The molecule has 0 aliphatic carbocycles. The molecule has 0 saturated heterocycles. The Morgan fingerprint density at radius 3 is 0.861 bits per heavy atom. The van der Waals surface area contributed by atoms with Crippen LogP contribution in [0.25, 0.3) is 0 Å². The Hall–Kier alpha value is -0.530. The minimum Gasteiger partial charge on any atom is -0.466 e. The Balaban J connectivity index is 3.04. The van der Waals surface area contributed by atoms with Crippen LogP contribution in [0.1, 0.15) is 206 Å². The lowest BCUT2D eigenvalue weighted by molar-refractivity contribution is -0.143. The summed E-state index contributed by atoms with van der Waals surface area (Å²) in [4.78, 5) is 11.3. The van der Waals surface area contributed by atoms with Crippen molar-refractivity contribution in [2.45, 2.75) is 206 Å². The third-order valence-corrected chi connectivity index (χ3v) is 7.72. The van der Waals surface area contributed by atoms with Gasteiger partial charge in [0.15, 0.2) is 0 Å². The third kappa shape index (κ3) is 31.5. The zero-order chi connectivity index (χ0) is 26.2. The molecular weight excluding hydrogens is 440 g/mol. The van der Waals surface area contributed by atoms with Crippen LogP contribution in [0.15, 0.2) is 0 Å². The van der Waals surface area contributed by atoms with Gasteiger partial charge in [0.25, 0.3) is 0 Å². The van der Waals surface area contributed by atoms with Gasteiger partial charge >= 0.3 is 5.97 Å². The maximum absolute atomic E-state index is 11.3. The molecule has 0 saturated carbocycles.